The second kappa shape index (κ2) is 6.34. The number of nitrogens with zero attached hydrogens (tertiary/aromatic N) is 3. The zero-order chi connectivity index (χ0) is 14.8. The highest BCUT2D eigenvalue weighted by Gasteiger charge is 2.23. The van der Waals surface area contributed by atoms with E-state index in [0.717, 1.165) is 43.3 Å². The third kappa shape index (κ3) is 3.07. The van der Waals surface area contributed by atoms with E-state index in [1.54, 1.807) is 11.3 Å². The van der Waals surface area contributed by atoms with Crippen molar-refractivity contribution in [2.24, 2.45) is 5.73 Å². The first-order valence-corrected chi connectivity index (χ1v) is 8.63. The van der Waals surface area contributed by atoms with Gasteiger partial charge in [-0.2, -0.15) is 0 Å². The van der Waals surface area contributed by atoms with Crippen LogP contribution in [0.3, 0.4) is 0 Å². The SMILES string of the molecule is CCN(CC1CCCO1)c1nc2sccn2c1CC(C)N. The van der Waals surface area contributed by atoms with E-state index in [1.807, 2.05) is 6.92 Å². The Morgan fingerprint density at radius 3 is 3.14 bits per heavy atom. The fraction of sp³-hybridized carbons (Fsp3) is 0.667. The molecule has 1 fully saturated rings. The van der Waals surface area contributed by atoms with Crippen molar-refractivity contribution >= 4 is 22.1 Å². The maximum Gasteiger partial charge on any atom is 0.195 e. The van der Waals surface area contributed by atoms with Crippen LogP contribution in [-0.4, -0.2) is 41.2 Å². The number of nitrogens with two attached hydrogens (primary N) is 1. The van der Waals surface area contributed by atoms with Gasteiger partial charge >= 0.3 is 0 Å². The Morgan fingerprint density at radius 2 is 2.48 bits per heavy atom. The van der Waals surface area contributed by atoms with Gasteiger partial charge in [0.05, 0.1) is 11.8 Å². The molecule has 116 valence electrons. The third-order valence-corrected chi connectivity index (χ3v) is 4.74. The number of anilines is 1. The van der Waals surface area contributed by atoms with Crippen LogP contribution in [0, 0.1) is 0 Å². The lowest BCUT2D eigenvalue weighted by atomic mass is 10.1. The van der Waals surface area contributed by atoms with Crippen LogP contribution in [-0.2, 0) is 11.2 Å². The molecule has 6 heteroatoms. The lowest BCUT2D eigenvalue weighted by Gasteiger charge is -2.25. The average Bonchev–Trinajstić information content (AvgIpc) is 3.14. The van der Waals surface area contributed by atoms with Crippen LogP contribution in [0.15, 0.2) is 11.6 Å². The fourth-order valence-electron chi connectivity index (χ4n) is 2.97. The number of fused-ring (bicyclic) bond motifs is 1. The van der Waals surface area contributed by atoms with E-state index in [0.29, 0.717) is 6.10 Å². The van der Waals surface area contributed by atoms with E-state index in [4.69, 9.17) is 15.5 Å². The van der Waals surface area contributed by atoms with Crippen molar-refractivity contribution < 1.29 is 4.74 Å². The number of imidazole rings is 1. The molecule has 3 rings (SSSR count). The van der Waals surface area contributed by atoms with Crippen LogP contribution in [0.25, 0.3) is 4.96 Å². The van der Waals surface area contributed by atoms with Gasteiger partial charge in [0.1, 0.15) is 0 Å². The molecule has 21 heavy (non-hydrogen) atoms. The molecular weight excluding hydrogens is 284 g/mol. The van der Waals surface area contributed by atoms with Crippen molar-refractivity contribution in [3.8, 4) is 0 Å². The van der Waals surface area contributed by atoms with Gasteiger partial charge in [-0.25, -0.2) is 4.98 Å². The van der Waals surface area contributed by atoms with Crippen molar-refractivity contribution in [2.75, 3.05) is 24.6 Å². The summed E-state index contributed by atoms with van der Waals surface area (Å²) in [5.41, 5.74) is 7.26. The Hall–Kier alpha value is -1.11. The van der Waals surface area contributed by atoms with Crippen molar-refractivity contribution in [3.63, 3.8) is 0 Å². The zero-order valence-electron chi connectivity index (χ0n) is 12.8. The summed E-state index contributed by atoms with van der Waals surface area (Å²) in [6.07, 6.45) is 5.60. The molecule has 0 amide bonds. The van der Waals surface area contributed by atoms with Gasteiger partial charge < -0.3 is 15.4 Å². The number of hydrogen-bond acceptors (Lipinski definition) is 5. The molecule has 0 saturated carbocycles. The Morgan fingerprint density at radius 1 is 1.62 bits per heavy atom. The van der Waals surface area contributed by atoms with Crippen LogP contribution in [0.1, 0.15) is 32.4 Å². The highest BCUT2D eigenvalue weighted by molar-refractivity contribution is 7.15. The summed E-state index contributed by atoms with van der Waals surface area (Å²) >= 11 is 1.67. The number of likely N-dealkylation sites (N-methyl/N-ethyl adjacent to an activating group) is 1. The van der Waals surface area contributed by atoms with Crippen molar-refractivity contribution in [1.29, 1.82) is 0 Å². The summed E-state index contributed by atoms with van der Waals surface area (Å²) in [5.74, 6) is 1.08. The van der Waals surface area contributed by atoms with E-state index in [1.165, 1.54) is 12.1 Å². The summed E-state index contributed by atoms with van der Waals surface area (Å²) in [7, 11) is 0. The van der Waals surface area contributed by atoms with Crippen molar-refractivity contribution in [2.45, 2.75) is 45.3 Å². The summed E-state index contributed by atoms with van der Waals surface area (Å²) in [5, 5.41) is 2.08. The molecule has 1 aliphatic heterocycles. The van der Waals surface area contributed by atoms with Crippen LogP contribution in [0.2, 0.25) is 0 Å². The maximum atomic E-state index is 6.04. The van der Waals surface area contributed by atoms with E-state index in [2.05, 4.69) is 27.8 Å². The minimum Gasteiger partial charge on any atom is -0.376 e. The van der Waals surface area contributed by atoms with E-state index >= 15 is 0 Å². The fourth-order valence-corrected chi connectivity index (χ4v) is 3.70. The summed E-state index contributed by atoms with van der Waals surface area (Å²) in [6.45, 7) is 6.99. The molecule has 1 aliphatic rings. The molecule has 0 radical (unpaired) electrons. The van der Waals surface area contributed by atoms with Crippen LogP contribution >= 0.6 is 11.3 Å². The quantitative estimate of drug-likeness (QED) is 0.889. The van der Waals surface area contributed by atoms with Crippen LogP contribution < -0.4 is 10.6 Å². The van der Waals surface area contributed by atoms with E-state index in [-0.39, 0.29) is 6.04 Å². The highest BCUT2D eigenvalue weighted by atomic mass is 32.1. The van der Waals surface area contributed by atoms with Gasteiger partial charge in [0, 0.05) is 43.7 Å². The second-order valence-electron chi connectivity index (χ2n) is 5.79. The number of hydrogen-bond donors (Lipinski definition) is 1. The van der Waals surface area contributed by atoms with Crippen molar-refractivity contribution in [3.05, 3.63) is 17.3 Å². The van der Waals surface area contributed by atoms with Gasteiger partial charge in [0.15, 0.2) is 10.8 Å². The zero-order valence-corrected chi connectivity index (χ0v) is 13.6. The molecule has 2 N–H and O–H groups in total. The summed E-state index contributed by atoms with van der Waals surface area (Å²) in [6, 6.07) is 0.130. The van der Waals surface area contributed by atoms with E-state index < -0.39 is 0 Å². The number of rotatable bonds is 6. The number of aromatic nitrogens is 2. The molecule has 1 saturated heterocycles. The molecule has 2 unspecified atom stereocenters. The lowest BCUT2D eigenvalue weighted by molar-refractivity contribution is 0.115. The van der Waals surface area contributed by atoms with Gasteiger partial charge in [-0.1, -0.05) is 0 Å². The largest absolute Gasteiger partial charge is 0.376 e. The summed E-state index contributed by atoms with van der Waals surface area (Å²) in [4.78, 5) is 8.22. The normalized spacial score (nSPS) is 20.2. The monoisotopic (exact) mass is 308 g/mol. The second-order valence-corrected chi connectivity index (χ2v) is 6.67. The molecule has 0 aliphatic carbocycles. The predicted octanol–water partition coefficient (Wildman–Crippen LogP) is 2.29. The topological polar surface area (TPSA) is 55.8 Å². The van der Waals surface area contributed by atoms with Gasteiger partial charge in [-0.15, -0.1) is 11.3 Å². The molecule has 0 spiro atoms. The molecule has 0 aromatic carbocycles. The molecule has 2 aromatic rings. The smallest absolute Gasteiger partial charge is 0.195 e. The average molecular weight is 308 g/mol. The maximum absolute atomic E-state index is 6.04. The Balaban J connectivity index is 1.90. The molecule has 3 heterocycles. The first-order chi connectivity index (χ1) is 10.2. The predicted molar refractivity (Wildman–Crippen MR) is 87.3 cm³/mol. The third-order valence-electron chi connectivity index (χ3n) is 3.98. The van der Waals surface area contributed by atoms with E-state index in [9.17, 15) is 0 Å². The molecular formula is C15H24N4OS. The Bertz CT molecular complexity index is 586. The highest BCUT2D eigenvalue weighted by Crippen LogP contribution is 2.27. The summed E-state index contributed by atoms with van der Waals surface area (Å²) < 4.78 is 7.97. The standard InChI is InChI=1S/C15H24N4OS/c1-3-18(10-12-5-4-7-20-12)14-13(9-11(2)16)19-6-8-21-15(19)17-14/h6,8,11-12H,3-5,7,9-10,16H2,1-2H3. The molecule has 2 aromatic heterocycles. The number of ether oxygens (including phenoxy) is 1. The van der Waals surface area contributed by atoms with Gasteiger partial charge in [-0.3, -0.25) is 4.40 Å². The molecule has 2 atom stereocenters. The number of thiazole rings is 1. The molecule has 5 nitrogen and oxygen atoms in total. The van der Waals surface area contributed by atoms with Crippen LogP contribution in [0.4, 0.5) is 5.82 Å². The minimum atomic E-state index is 0.130. The van der Waals surface area contributed by atoms with Gasteiger partial charge in [0.25, 0.3) is 0 Å². The van der Waals surface area contributed by atoms with Gasteiger partial charge in [-0.05, 0) is 26.7 Å². The molecule has 0 bridgehead atoms. The lowest BCUT2D eigenvalue weighted by Crippen LogP contribution is -2.33. The Kier molecular flexibility index (Phi) is 4.47. The Labute approximate surface area is 129 Å². The van der Waals surface area contributed by atoms with Crippen molar-refractivity contribution in [1.82, 2.24) is 9.38 Å². The first-order valence-electron chi connectivity index (χ1n) is 7.75. The van der Waals surface area contributed by atoms with Crippen LogP contribution in [0.5, 0.6) is 0 Å². The van der Waals surface area contributed by atoms with Gasteiger partial charge in [0.2, 0.25) is 0 Å². The first kappa shape index (κ1) is 14.8. The minimum absolute atomic E-state index is 0.130.